The minimum Gasteiger partial charge on any atom is -0.289 e. The van der Waals surface area contributed by atoms with E-state index in [0.717, 1.165) is 35.1 Å². The molecule has 1 heterocycles. The van der Waals surface area contributed by atoms with Gasteiger partial charge >= 0.3 is 0 Å². The molecule has 0 radical (unpaired) electrons. The molecule has 0 spiro atoms. The monoisotopic (exact) mass is 261 g/mol. The number of ketones is 1. The Labute approximate surface area is 118 Å². The largest absolute Gasteiger partial charge is 0.289 e. The van der Waals surface area contributed by atoms with Gasteiger partial charge in [0.2, 0.25) is 0 Å². The Hall–Kier alpha value is -2.48. The minimum absolute atomic E-state index is 0.172. The van der Waals surface area contributed by atoms with Crippen molar-refractivity contribution in [3.05, 3.63) is 77.1 Å². The van der Waals surface area contributed by atoms with Crippen LogP contribution in [0.1, 0.15) is 24.0 Å². The van der Waals surface area contributed by atoms with Gasteiger partial charge in [-0.25, -0.2) is 0 Å². The molecule has 1 aromatic carbocycles. The van der Waals surface area contributed by atoms with Crippen molar-refractivity contribution in [2.24, 2.45) is 0 Å². The van der Waals surface area contributed by atoms with Crippen LogP contribution in [0.3, 0.4) is 0 Å². The summed E-state index contributed by atoms with van der Waals surface area (Å²) in [6, 6.07) is 13.8. The predicted molar refractivity (Wildman–Crippen MR) is 80.9 cm³/mol. The second kappa shape index (κ2) is 5.66. The first kappa shape index (κ1) is 12.5. The predicted octanol–water partition coefficient (Wildman–Crippen LogP) is 3.91. The topological polar surface area (TPSA) is 30.0 Å². The van der Waals surface area contributed by atoms with Crippen LogP contribution in [0.2, 0.25) is 0 Å². The number of carbonyl (C=O) groups excluding carboxylic acids is 1. The highest BCUT2D eigenvalue weighted by molar-refractivity contribution is 6.15. The van der Waals surface area contributed by atoms with E-state index in [-0.39, 0.29) is 5.78 Å². The maximum atomic E-state index is 12.4. The molecule has 3 rings (SSSR count). The molecule has 0 amide bonds. The fourth-order valence-corrected chi connectivity index (χ4v) is 2.39. The van der Waals surface area contributed by atoms with Crippen molar-refractivity contribution in [2.75, 3.05) is 0 Å². The molecule has 0 N–H and O–H groups in total. The molecule has 2 nitrogen and oxygen atoms in total. The lowest BCUT2D eigenvalue weighted by molar-refractivity contribution is -0.111. The summed E-state index contributed by atoms with van der Waals surface area (Å²) in [6.45, 7) is 0. The van der Waals surface area contributed by atoms with Crippen molar-refractivity contribution in [3.8, 4) is 0 Å². The van der Waals surface area contributed by atoms with E-state index in [1.165, 1.54) is 0 Å². The van der Waals surface area contributed by atoms with E-state index in [2.05, 4.69) is 4.98 Å². The molecule has 0 unspecified atom stereocenters. The summed E-state index contributed by atoms with van der Waals surface area (Å²) in [5.74, 6) is 0.172. The maximum Gasteiger partial charge on any atom is 0.185 e. The Morgan fingerprint density at radius 2 is 1.35 bits per heavy atom. The van der Waals surface area contributed by atoms with Gasteiger partial charge in [-0.05, 0) is 48.3 Å². The number of nitrogens with zero attached hydrogens (tertiary/aromatic N) is 1. The van der Waals surface area contributed by atoms with Gasteiger partial charge in [-0.15, -0.1) is 0 Å². The van der Waals surface area contributed by atoms with Gasteiger partial charge in [0.25, 0.3) is 0 Å². The number of hydrogen-bond donors (Lipinski definition) is 0. The lowest BCUT2D eigenvalue weighted by Gasteiger charge is -1.97. The molecule has 20 heavy (non-hydrogen) atoms. The van der Waals surface area contributed by atoms with E-state index in [1.54, 1.807) is 12.4 Å². The first-order valence-electron chi connectivity index (χ1n) is 6.74. The molecule has 1 saturated carbocycles. The van der Waals surface area contributed by atoms with Crippen molar-refractivity contribution < 1.29 is 4.79 Å². The third-order valence-corrected chi connectivity index (χ3v) is 3.43. The van der Waals surface area contributed by atoms with Crippen molar-refractivity contribution in [2.45, 2.75) is 12.8 Å². The van der Waals surface area contributed by atoms with Crippen LogP contribution in [0.25, 0.3) is 12.2 Å². The fourth-order valence-electron chi connectivity index (χ4n) is 2.39. The number of benzene rings is 1. The van der Waals surface area contributed by atoms with E-state index < -0.39 is 0 Å². The summed E-state index contributed by atoms with van der Waals surface area (Å²) >= 11 is 0. The normalized spacial score (nSPS) is 18.9. The first-order chi connectivity index (χ1) is 9.83. The Morgan fingerprint density at radius 1 is 0.800 bits per heavy atom. The second-order valence-electron chi connectivity index (χ2n) is 4.86. The Morgan fingerprint density at radius 3 is 1.95 bits per heavy atom. The minimum atomic E-state index is 0.172. The second-order valence-corrected chi connectivity index (χ2v) is 4.86. The molecule has 2 aromatic rings. The van der Waals surface area contributed by atoms with Gasteiger partial charge in [-0.3, -0.25) is 9.78 Å². The molecule has 98 valence electrons. The smallest absolute Gasteiger partial charge is 0.185 e. The molecular formula is C18H15NO. The molecule has 0 atom stereocenters. The third kappa shape index (κ3) is 2.75. The quantitative estimate of drug-likeness (QED) is 0.767. The third-order valence-electron chi connectivity index (χ3n) is 3.43. The zero-order valence-corrected chi connectivity index (χ0v) is 11.1. The van der Waals surface area contributed by atoms with Crippen molar-refractivity contribution in [1.82, 2.24) is 4.98 Å². The molecule has 0 bridgehead atoms. The highest BCUT2D eigenvalue weighted by Gasteiger charge is 2.22. The standard InChI is InChI=1S/C18H15NO/c20-18-16(12-14-4-2-1-3-5-14)6-7-17(18)13-15-8-10-19-11-9-15/h1-5,8-13H,6-7H2. The van der Waals surface area contributed by atoms with Crippen LogP contribution < -0.4 is 0 Å². The lowest BCUT2D eigenvalue weighted by Crippen LogP contribution is -1.95. The SMILES string of the molecule is O=C1C(=Cc2ccccc2)CCC1=Cc1ccncc1. The summed E-state index contributed by atoms with van der Waals surface area (Å²) in [6.07, 6.45) is 9.09. The fraction of sp³-hybridized carbons (Fsp3) is 0.111. The van der Waals surface area contributed by atoms with Crippen molar-refractivity contribution in [3.63, 3.8) is 0 Å². The highest BCUT2D eigenvalue weighted by Crippen LogP contribution is 2.29. The molecule has 1 aliphatic rings. The first-order valence-corrected chi connectivity index (χ1v) is 6.74. The molecule has 1 aromatic heterocycles. The number of hydrogen-bond acceptors (Lipinski definition) is 2. The van der Waals surface area contributed by atoms with Gasteiger partial charge in [0, 0.05) is 23.5 Å². The van der Waals surface area contributed by atoms with E-state index in [0.29, 0.717) is 0 Å². The summed E-state index contributed by atoms with van der Waals surface area (Å²) in [5.41, 5.74) is 3.90. The number of pyridine rings is 1. The van der Waals surface area contributed by atoms with Gasteiger partial charge in [-0.1, -0.05) is 30.3 Å². The average Bonchev–Trinajstić information content (AvgIpc) is 2.83. The van der Waals surface area contributed by atoms with Gasteiger partial charge in [0.1, 0.15) is 0 Å². The van der Waals surface area contributed by atoms with Crippen LogP contribution in [0.15, 0.2) is 66.0 Å². The van der Waals surface area contributed by atoms with Gasteiger partial charge < -0.3 is 0 Å². The summed E-state index contributed by atoms with van der Waals surface area (Å²) in [4.78, 5) is 16.3. The summed E-state index contributed by atoms with van der Waals surface area (Å²) in [7, 11) is 0. The molecule has 1 fully saturated rings. The van der Waals surface area contributed by atoms with Crippen LogP contribution in [-0.2, 0) is 4.79 Å². The van der Waals surface area contributed by atoms with Crippen LogP contribution >= 0.6 is 0 Å². The zero-order chi connectivity index (χ0) is 13.8. The molecular weight excluding hydrogens is 246 g/mol. The maximum absolute atomic E-state index is 12.4. The summed E-state index contributed by atoms with van der Waals surface area (Å²) in [5, 5.41) is 0. The lowest BCUT2D eigenvalue weighted by atomic mass is 10.1. The Kier molecular flexibility index (Phi) is 3.55. The van der Waals surface area contributed by atoms with Crippen molar-refractivity contribution >= 4 is 17.9 Å². The van der Waals surface area contributed by atoms with Crippen LogP contribution in [0, 0.1) is 0 Å². The van der Waals surface area contributed by atoms with Crippen molar-refractivity contribution in [1.29, 1.82) is 0 Å². The summed E-state index contributed by atoms with van der Waals surface area (Å²) < 4.78 is 0. The van der Waals surface area contributed by atoms with E-state index in [1.807, 2.05) is 54.6 Å². The van der Waals surface area contributed by atoms with E-state index in [9.17, 15) is 4.79 Å². The number of Topliss-reactive ketones (excluding diaryl/α,β-unsaturated/α-hetero) is 1. The average molecular weight is 261 g/mol. The Balaban J connectivity index is 1.85. The number of carbonyl (C=O) groups is 1. The van der Waals surface area contributed by atoms with Gasteiger partial charge in [0.05, 0.1) is 0 Å². The van der Waals surface area contributed by atoms with E-state index >= 15 is 0 Å². The highest BCUT2D eigenvalue weighted by atomic mass is 16.1. The number of rotatable bonds is 2. The number of allylic oxidation sites excluding steroid dienone is 2. The van der Waals surface area contributed by atoms with Gasteiger partial charge in [0.15, 0.2) is 5.78 Å². The number of aromatic nitrogens is 1. The van der Waals surface area contributed by atoms with Crippen LogP contribution in [-0.4, -0.2) is 10.8 Å². The zero-order valence-electron chi connectivity index (χ0n) is 11.1. The molecule has 0 aliphatic heterocycles. The van der Waals surface area contributed by atoms with Gasteiger partial charge in [-0.2, -0.15) is 0 Å². The Bertz CT molecular complexity index is 610. The van der Waals surface area contributed by atoms with Crippen LogP contribution in [0.4, 0.5) is 0 Å². The van der Waals surface area contributed by atoms with E-state index in [4.69, 9.17) is 0 Å². The molecule has 1 aliphatic carbocycles. The molecule has 0 saturated heterocycles. The van der Waals surface area contributed by atoms with Crippen LogP contribution in [0.5, 0.6) is 0 Å². The molecule has 2 heteroatoms.